The number of hydrogen-bond acceptors (Lipinski definition) is 3. The number of carbonyl (C=O) groups is 1. The van der Waals surface area contributed by atoms with E-state index < -0.39 is 6.09 Å². The zero-order valence-electron chi connectivity index (χ0n) is 15.3. The minimum Gasteiger partial charge on any atom is -0.443 e. The minimum absolute atomic E-state index is 0.195. The fraction of sp³-hybridized carbons (Fsp3) is 0.125. The summed E-state index contributed by atoms with van der Waals surface area (Å²) in [5.41, 5.74) is 2.87. The highest BCUT2D eigenvalue weighted by atomic mass is 16.7. The molecule has 0 N–H and O–H groups in total. The van der Waals surface area contributed by atoms with E-state index in [2.05, 4.69) is 0 Å². The van der Waals surface area contributed by atoms with Gasteiger partial charge in [-0.05, 0) is 16.7 Å². The number of amides is 1. The molecule has 0 unspecified atom stereocenters. The molecule has 3 aromatic rings. The molecule has 2 atom stereocenters. The van der Waals surface area contributed by atoms with Crippen LogP contribution in [0.1, 0.15) is 28.8 Å². The van der Waals surface area contributed by atoms with E-state index in [1.54, 1.807) is 0 Å². The van der Waals surface area contributed by atoms with Gasteiger partial charge in [-0.15, -0.1) is 0 Å². The van der Waals surface area contributed by atoms with Crippen LogP contribution >= 0.6 is 0 Å². The Morgan fingerprint density at radius 2 is 1.36 bits per heavy atom. The lowest BCUT2D eigenvalue weighted by molar-refractivity contribution is -0.188. The Balaban J connectivity index is 1.56. The molecule has 0 radical (unpaired) electrons. The molecule has 1 aliphatic heterocycles. The molecule has 0 bridgehead atoms. The van der Waals surface area contributed by atoms with Gasteiger partial charge in [-0.2, -0.15) is 5.06 Å². The fourth-order valence-electron chi connectivity index (χ4n) is 3.16. The normalized spacial score (nSPS) is 18.6. The van der Waals surface area contributed by atoms with Crippen LogP contribution in [-0.4, -0.2) is 11.2 Å². The second-order valence-corrected chi connectivity index (χ2v) is 6.54. The Morgan fingerprint density at radius 3 is 2.00 bits per heavy atom. The highest BCUT2D eigenvalue weighted by Crippen LogP contribution is 2.34. The van der Waals surface area contributed by atoms with E-state index in [4.69, 9.17) is 9.57 Å². The van der Waals surface area contributed by atoms with Crippen molar-refractivity contribution >= 4 is 6.09 Å². The van der Waals surface area contributed by atoms with Gasteiger partial charge in [0, 0.05) is 0 Å². The minimum atomic E-state index is -0.511. The summed E-state index contributed by atoms with van der Waals surface area (Å²) in [7, 11) is 0. The molecule has 0 aliphatic carbocycles. The predicted octanol–water partition coefficient (Wildman–Crippen LogP) is 5.61. The number of nitrogens with zero attached hydrogens (tertiary/aromatic N) is 1. The van der Waals surface area contributed by atoms with Crippen molar-refractivity contribution in [1.29, 1.82) is 0 Å². The van der Waals surface area contributed by atoms with Gasteiger partial charge < -0.3 is 4.74 Å². The van der Waals surface area contributed by atoms with E-state index in [-0.39, 0.29) is 18.8 Å². The Labute approximate surface area is 164 Å². The largest absolute Gasteiger partial charge is 0.443 e. The third-order valence-corrected chi connectivity index (χ3v) is 4.60. The number of benzene rings is 3. The molecule has 1 heterocycles. The number of rotatable bonds is 4. The van der Waals surface area contributed by atoms with Crippen LogP contribution in [0.25, 0.3) is 0 Å². The highest BCUT2D eigenvalue weighted by molar-refractivity contribution is 5.67. The van der Waals surface area contributed by atoms with Gasteiger partial charge in [-0.25, -0.2) is 4.79 Å². The third kappa shape index (κ3) is 4.13. The molecular weight excluding hydrogens is 350 g/mol. The first kappa shape index (κ1) is 18.0. The van der Waals surface area contributed by atoms with Crippen molar-refractivity contribution in [3.8, 4) is 0 Å². The maximum Gasteiger partial charge on any atom is 0.435 e. The average Bonchev–Trinajstić information content (AvgIpc) is 2.79. The molecule has 140 valence electrons. The zero-order valence-corrected chi connectivity index (χ0v) is 15.3. The number of carbonyl (C=O) groups excluding carboxylic acids is 1. The molecule has 4 heteroatoms. The summed E-state index contributed by atoms with van der Waals surface area (Å²) in [5, 5.41) is 1.33. The smallest absolute Gasteiger partial charge is 0.435 e. The van der Waals surface area contributed by atoms with Gasteiger partial charge in [-0.1, -0.05) is 103 Å². The highest BCUT2D eigenvalue weighted by Gasteiger charge is 2.32. The van der Waals surface area contributed by atoms with Crippen molar-refractivity contribution in [2.45, 2.75) is 18.8 Å². The summed E-state index contributed by atoms with van der Waals surface area (Å²) in [5.74, 6) is 0. The van der Waals surface area contributed by atoms with Gasteiger partial charge in [0.1, 0.15) is 18.8 Å². The summed E-state index contributed by atoms with van der Waals surface area (Å²) in [6.07, 6.45) is 3.11. The van der Waals surface area contributed by atoms with E-state index >= 15 is 0 Å². The van der Waals surface area contributed by atoms with Gasteiger partial charge in [0.05, 0.1) is 0 Å². The molecular formula is C24H21NO3. The molecule has 1 amide bonds. The van der Waals surface area contributed by atoms with Crippen LogP contribution in [0, 0.1) is 0 Å². The lowest BCUT2D eigenvalue weighted by Gasteiger charge is -2.34. The summed E-state index contributed by atoms with van der Waals surface area (Å²) in [6.45, 7) is 0.195. The molecule has 28 heavy (non-hydrogen) atoms. The fourth-order valence-corrected chi connectivity index (χ4v) is 3.16. The zero-order chi connectivity index (χ0) is 19.2. The molecule has 0 aromatic heterocycles. The van der Waals surface area contributed by atoms with Crippen molar-refractivity contribution < 1.29 is 14.4 Å². The van der Waals surface area contributed by atoms with Crippen molar-refractivity contribution in [2.24, 2.45) is 0 Å². The molecule has 3 aromatic carbocycles. The van der Waals surface area contributed by atoms with Crippen LogP contribution in [0.2, 0.25) is 0 Å². The Hall–Kier alpha value is -3.37. The lowest BCUT2D eigenvalue weighted by Crippen LogP contribution is -2.38. The van der Waals surface area contributed by atoms with Crippen molar-refractivity contribution in [1.82, 2.24) is 5.06 Å². The first-order valence-electron chi connectivity index (χ1n) is 9.26. The van der Waals surface area contributed by atoms with E-state index in [0.717, 1.165) is 16.7 Å². The Kier molecular flexibility index (Phi) is 5.50. The molecule has 0 saturated heterocycles. The van der Waals surface area contributed by atoms with Crippen LogP contribution in [0.5, 0.6) is 0 Å². The second-order valence-electron chi connectivity index (χ2n) is 6.54. The Morgan fingerprint density at radius 1 is 0.786 bits per heavy atom. The topological polar surface area (TPSA) is 38.8 Å². The molecule has 4 nitrogen and oxygen atoms in total. The molecule has 0 fully saturated rings. The van der Waals surface area contributed by atoms with Gasteiger partial charge in [0.15, 0.2) is 0 Å². The van der Waals surface area contributed by atoms with Crippen LogP contribution in [0.3, 0.4) is 0 Å². The second kappa shape index (κ2) is 8.55. The molecule has 0 saturated carbocycles. The maximum absolute atomic E-state index is 12.9. The van der Waals surface area contributed by atoms with E-state index in [0.29, 0.717) is 0 Å². The number of hydroxylamine groups is 2. The van der Waals surface area contributed by atoms with Crippen molar-refractivity contribution in [2.75, 3.05) is 0 Å². The standard InChI is InChI=1S/C24H21NO3/c26-24(27-18-19-10-4-1-5-11-19)25-22(20-12-6-2-7-13-20)16-17-23(28-25)21-14-8-3-9-15-21/h1-17,22-23H,18H2/t22-,23+/m1/s1. The predicted molar refractivity (Wildman–Crippen MR) is 107 cm³/mol. The number of hydrogen-bond donors (Lipinski definition) is 0. The summed E-state index contributed by atoms with van der Waals surface area (Å²) in [6, 6.07) is 28.9. The van der Waals surface area contributed by atoms with Crippen molar-refractivity contribution in [3.05, 3.63) is 120 Å². The maximum atomic E-state index is 12.9. The third-order valence-electron chi connectivity index (χ3n) is 4.60. The van der Waals surface area contributed by atoms with E-state index in [1.165, 1.54) is 5.06 Å². The van der Waals surface area contributed by atoms with Gasteiger partial charge in [0.25, 0.3) is 0 Å². The van der Waals surface area contributed by atoms with E-state index in [9.17, 15) is 4.79 Å². The Bertz CT molecular complexity index is 926. The van der Waals surface area contributed by atoms with Gasteiger partial charge in [0.2, 0.25) is 0 Å². The van der Waals surface area contributed by atoms with Crippen LogP contribution < -0.4 is 0 Å². The summed E-state index contributed by atoms with van der Waals surface area (Å²) in [4.78, 5) is 18.9. The van der Waals surface area contributed by atoms with Gasteiger partial charge >= 0.3 is 6.09 Å². The molecule has 1 aliphatic rings. The summed E-state index contributed by atoms with van der Waals surface area (Å²) < 4.78 is 5.53. The van der Waals surface area contributed by atoms with Crippen LogP contribution in [0.4, 0.5) is 4.79 Å². The molecule has 4 rings (SSSR count). The quantitative estimate of drug-likeness (QED) is 0.560. The monoisotopic (exact) mass is 371 g/mol. The molecule has 0 spiro atoms. The lowest BCUT2D eigenvalue weighted by atomic mass is 10.0. The first-order chi connectivity index (χ1) is 13.8. The van der Waals surface area contributed by atoms with Crippen LogP contribution in [0.15, 0.2) is 103 Å². The van der Waals surface area contributed by atoms with Crippen molar-refractivity contribution in [3.63, 3.8) is 0 Å². The number of ether oxygens (including phenoxy) is 1. The SMILES string of the molecule is O=C(OCc1ccccc1)N1O[C@H](c2ccccc2)C=C[C@@H]1c1ccccc1. The average molecular weight is 371 g/mol. The van der Waals surface area contributed by atoms with Gasteiger partial charge in [-0.3, -0.25) is 4.84 Å². The first-order valence-corrected chi connectivity index (χ1v) is 9.26. The summed E-state index contributed by atoms with van der Waals surface area (Å²) >= 11 is 0. The van der Waals surface area contributed by atoms with Crippen LogP contribution in [-0.2, 0) is 16.2 Å². The van der Waals surface area contributed by atoms with E-state index in [1.807, 2.05) is 103 Å².